The summed E-state index contributed by atoms with van der Waals surface area (Å²) in [6, 6.07) is 1.85. The van der Waals surface area contributed by atoms with E-state index < -0.39 is 0 Å². The zero-order valence-electron chi connectivity index (χ0n) is 11.0. The van der Waals surface area contributed by atoms with Crippen LogP contribution in [0.2, 0.25) is 0 Å². The number of nitrogen functional groups attached to an aromatic ring is 1. The fraction of sp³-hybridized carbons (Fsp3) is 0.667. The first-order valence-electron chi connectivity index (χ1n) is 6.36. The molecule has 1 atom stereocenters. The van der Waals surface area contributed by atoms with Crippen LogP contribution in [0.3, 0.4) is 0 Å². The Morgan fingerprint density at radius 3 is 3.11 bits per heavy atom. The summed E-state index contributed by atoms with van der Waals surface area (Å²) in [4.78, 5) is 11.3. The van der Waals surface area contributed by atoms with Crippen LogP contribution in [0.15, 0.2) is 6.07 Å². The van der Waals surface area contributed by atoms with E-state index in [-0.39, 0.29) is 0 Å². The van der Waals surface area contributed by atoms with Gasteiger partial charge in [0, 0.05) is 35.9 Å². The quantitative estimate of drug-likeness (QED) is 0.635. The van der Waals surface area contributed by atoms with E-state index in [1.54, 1.807) is 0 Å². The van der Waals surface area contributed by atoms with Crippen molar-refractivity contribution in [1.29, 1.82) is 0 Å². The van der Waals surface area contributed by atoms with Crippen molar-refractivity contribution in [1.82, 2.24) is 14.9 Å². The van der Waals surface area contributed by atoms with Gasteiger partial charge in [-0.3, -0.25) is 4.90 Å². The molecule has 2 rings (SSSR count). The van der Waals surface area contributed by atoms with E-state index in [9.17, 15) is 0 Å². The van der Waals surface area contributed by atoms with Gasteiger partial charge in [-0.25, -0.2) is 15.8 Å². The van der Waals surface area contributed by atoms with E-state index in [0.717, 1.165) is 36.4 Å². The van der Waals surface area contributed by atoms with Gasteiger partial charge in [-0.05, 0) is 13.3 Å². The van der Waals surface area contributed by atoms with Crippen molar-refractivity contribution in [2.75, 3.05) is 24.3 Å². The first-order chi connectivity index (χ1) is 8.71. The molecule has 2 heterocycles. The molecule has 1 aromatic heterocycles. The normalized spacial score (nSPS) is 20.9. The molecular weight excluding hydrogens is 246 g/mol. The van der Waals surface area contributed by atoms with Gasteiger partial charge in [0.2, 0.25) is 0 Å². The summed E-state index contributed by atoms with van der Waals surface area (Å²) in [7, 11) is 0. The lowest BCUT2D eigenvalue weighted by atomic mass is 10.3. The van der Waals surface area contributed by atoms with Crippen LogP contribution >= 0.6 is 11.8 Å². The number of nitrogens with zero attached hydrogens (tertiary/aromatic N) is 3. The summed E-state index contributed by atoms with van der Waals surface area (Å²) in [5.41, 5.74) is 3.54. The number of thioether (sulfide) groups is 1. The molecule has 3 N–H and O–H groups in total. The fourth-order valence-corrected chi connectivity index (χ4v) is 3.39. The molecule has 1 fully saturated rings. The van der Waals surface area contributed by atoms with E-state index in [2.05, 4.69) is 39.0 Å². The van der Waals surface area contributed by atoms with E-state index in [4.69, 9.17) is 5.84 Å². The Labute approximate surface area is 113 Å². The molecule has 100 valence electrons. The summed E-state index contributed by atoms with van der Waals surface area (Å²) in [5.74, 6) is 8.15. The highest BCUT2D eigenvalue weighted by molar-refractivity contribution is 8.00. The summed E-state index contributed by atoms with van der Waals surface area (Å²) >= 11 is 2.07. The van der Waals surface area contributed by atoms with Gasteiger partial charge in [0.1, 0.15) is 11.6 Å². The zero-order chi connectivity index (χ0) is 13.0. The smallest absolute Gasteiger partial charge is 0.145 e. The molecule has 6 heteroatoms. The van der Waals surface area contributed by atoms with Crippen LogP contribution in [0, 0.1) is 6.92 Å². The molecule has 0 radical (unpaired) electrons. The Bertz CT molecular complexity index is 398. The standard InChI is InChI=1S/C12H21N5S/c1-3-10-7-17(4-5-18-10)8-12-14-9(2)6-11(15-12)16-13/h6,10H,3-5,7-8,13H2,1-2H3,(H,14,15,16). The van der Waals surface area contributed by atoms with Crippen molar-refractivity contribution in [2.45, 2.75) is 32.1 Å². The van der Waals surface area contributed by atoms with Crippen LogP contribution in [0.5, 0.6) is 0 Å². The molecule has 0 saturated carbocycles. The molecule has 1 unspecified atom stereocenters. The molecule has 1 aromatic rings. The second kappa shape index (κ2) is 6.36. The third kappa shape index (κ3) is 3.57. The highest BCUT2D eigenvalue weighted by atomic mass is 32.2. The summed E-state index contributed by atoms with van der Waals surface area (Å²) in [6.45, 7) is 7.27. The van der Waals surface area contributed by atoms with E-state index in [1.807, 2.05) is 13.0 Å². The Morgan fingerprint density at radius 2 is 2.39 bits per heavy atom. The van der Waals surface area contributed by atoms with Gasteiger partial charge in [0.15, 0.2) is 0 Å². The lowest BCUT2D eigenvalue weighted by molar-refractivity contribution is 0.266. The number of rotatable bonds is 4. The molecule has 0 spiro atoms. The van der Waals surface area contributed by atoms with Gasteiger partial charge in [0.05, 0.1) is 6.54 Å². The van der Waals surface area contributed by atoms with Crippen LogP contribution < -0.4 is 11.3 Å². The molecule has 5 nitrogen and oxygen atoms in total. The molecule has 1 aliphatic rings. The molecule has 0 amide bonds. The first kappa shape index (κ1) is 13.6. The lowest BCUT2D eigenvalue weighted by Crippen LogP contribution is -2.37. The van der Waals surface area contributed by atoms with Crippen molar-refractivity contribution in [3.8, 4) is 0 Å². The Kier molecular flexibility index (Phi) is 4.79. The summed E-state index contributed by atoms with van der Waals surface area (Å²) < 4.78 is 0. The van der Waals surface area contributed by atoms with Crippen LogP contribution in [-0.2, 0) is 6.54 Å². The maximum atomic E-state index is 5.41. The Hall–Kier alpha value is -0.850. The number of nitrogens with one attached hydrogen (secondary N) is 1. The van der Waals surface area contributed by atoms with Crippen molar-refractivity contribution in [2.24, 2.45) is 5.84 Å². The highest BCUT2D eigenvalue weighted by Gasteiger charge is 2.19. The number of hydrogen-bond acceptors (Lipinski definition) is 6. The molecule has 0 aromatic carbocycles. The van der Waals surface area contributed by atoms with E-state index >= 15 is 0 Å². The van der Waals surface area contributed by atoms with Crippen molar-refractivity contribution >= 4 is 17.6 Å². The van der Waals surface area contributed by atoms with E-state index in [1.165, 1.54) is 12.2 Å². The lowest BCUT2D eigenvalue weighted by Gasteiger charge is -2.31. The predicted molar refractivity (Wildman–Crippen MR) is 76.4 cm³/mol. The molecule has 18 heavy (non-hydrogen) atoms. The van der Waals surface area contributed by atoms with Crippen LogP contribution in [0.4, 0.5) is 5.82 Å². The highest BCUT2D eigenvalue weighted by Crippen LogP contribution is 2.22. The number of hydrazine groups is 1. The molecular formula is C12H21N5S. The summed E-state index contributed by atoms with van der Waals surface area (Å²) in [5, 5.41) is 0.746. The van der Waals surface area contributed by atoms with Gasteiger partial charge >= 0.3 is 0 Å². The second-order valence-electron chi connectivity index (χ2n) is 4.59. The first-order valence-corrected chi connectivity index (χ1v) is 7.41. The largest absolute Gasteiger partial charge is 0.308 e. The summed E-state index contributed by atoms with van der Waals surface area (Å²) in [6.07, 6.45) is 1.23. The molecule has 0 aliphatic carbocycles. The fourth-order valence-electron chi connectivity index (χ4n) is 2.15. The number of aryl methyl sites for hydroxylation is 1. The molecule has 1 aliphatic heterocycles. The van der Waals surface area contributed by atoms with Gasteiger partial charge in [-0.15, -0.1) is 0 Å². The minimum absolute atomic E-state index is 0.691. The Balaban J connectivity index is 2.02. The number of hydrogen-bond donors (Lipinski definition) is 2. The second-order valence-corrected chi connectivity index (χ2v) is 6.00. The average Bonchev–Trinajstić information content (AvgIpc) is 2.38. The SMILES string of the molecule is CCC1CN(Cc2nc(C)cc(NN)n2)CCS1. The maximum Gasteiger partial charge on any atom is 0.145 e. The molecule has 0 bridgehead atoms. The van der Waals surface area contributed by atoms with E-state index in [0.29, 0.717) is 5.82 Å². The van der Waals surface area contributed by atoms with Gasteiger partial charge in [-0.2, -0.15) is 11.8 Å². The predicted octanol–water partition coefficient (Wildman–Crippen LogP) is 1.40. The van der Waals surface area contributed by atoms with Crippen molar-refractivity contribution in [3.63, 3.8) is 0 Å². The third-order valence-corrected chi connectivity index (χ3v) is 4.46. The monoisotopic (exact) mass is 267 g/mol. The number of aromatic nitrogens is 2. The minimum atomic E-state index is 0.691. The topological polar surface area (TPSA) is 67.1 Å². The van der Waals surface area contributed by atoms with Crippen molar-refractivity contribution < 1.29 is 0 Å². The molecule has 1 saturated heterocycles. The van der Waals surface area contributed by atoms with Crippen LogP contribution in [-0.4, -0.2) is 39.0 Å². The van der Waals surface area contributed by atoms with Crippen LogP contribution in [0.25, 0.3) is 0 Å². The van der Waals surface area contributed by atoms with Gasteiger partial charge < -0.3 is 5.43 Å². The Morgan fingerprint density at radius 1 is 1.56 bits per heavy atom. The number of anilines is 1. The maximum absolute atomic E-state index is 5.41. The minimum Gasteiger partial charge on any atom is -0.308 e. The van der Waals surface area contributed by atoms with Gasteiger partial charge in [0.25, 0.3) is 0 Å². The van der Waals surface area contributed by atoms with Gasteiger partial charge in [-0.1, -0.05) is 6.92 Å². The average molecular weight is 267 g/mol. The number of nitrogens with two attached hydrogens (primary N) is 1. The van der Waals surface area contributed by atoms with Crippen molar-refractivity contribution in [3.05, 3.63) is 17.6 Å². The zero-order valence-corrected chi connectivity index (χ0v) is 11.8. The third-order valence-electron chi connectivity index (χ3n) is 3.09. The van der Waals surface area contributed by atoms with Crippen LogP contribution in [0.1, 0.15) is 24.9 Å².